The molecule has 2 fully saturated rings. The van der Waals surface area contributed by atoms with E-state index in [0.717, 1.165) is 63.6 Å². The second kappa shape index (κ2) is 6.42. The molecule has 1 N–H and O–H groups in total. The monoisotopic (exact) mass is 294 g/mol. The van der Waals surface area contributed by atoms with Crippen LogP contribution in [0.5, 0.6) is 0 Å². The summed E-state index contributed by atoms with van der Waals surface area (Å²) in [4.78, 5) is 7.10. The van der Waals surface area contributed by atoms with Crippen molar-refractivity contribution in [2.75, 3.05) is 33.3 Å². The van der Waals surface area contributed by atoms with E-state index in [1.165, 1.54) is 6.42 Å². The van der Waals surface area contributed by atoms with Crippen molar-refractivity contribution < 1.29 is 9.26 Å². The molecule has 0 spiro atoms. The zero-order valence-electron chi connectivity index (χ0n) is 13.1. The van der Waals surface area contributed by atoms with Gasteiger partial charge in [-0.3, -0.25) is 4.90 Å². The van der Waals surface area contributed by atoms with Gasteiger partial charge in [0.2, 0.25) is 5.89 Å². The van der Waals surface area contributed by atoms with Crippen molar-refractivity contribution in [2.45, 2.75) is 50.7 Å². The lowest BCUT2D eigenvalue weighted by atomic mass is 9.77. The van der Waals surface area contributed by atoms with E-state index in [-0.39, 0.29) is 11.6 Å². The van der Waals surface area contributed by atoms with Crippen LogP contribution in [0.3, 0.4) is 0 Å². The minimum absolute atomic E-state index is 0.0550. The Labute approximate surface area is 126 Å². The highest BCUT2D eigenvalue weighted by Gasteiger charge is 2.39. The van der Waals surface area contributed by atoms with Gasteiger partial charge in [-0.25, -0.2) is 0 Å². The van der Waals surface area contributed by atoms with Gasteiger partial charge in [0.15, 0.2) is 5.82 Å². The van der Waals surface area contributed by atoms with E-state index in [2.05, 4.69) is 27.3 Å². The van der Waals surface area contributed by atoms with Gasteiger partial charge in [0.1, 0.15) is 0 Å². The summed E-state index contributed by atoms with van der Waals surface area (Å²) >= 11 is 0. The van der Waals surface area contributed by atoms with Crippen LogP contribution in [-0.2, 0) is 11.2 Å². The fourth-order valence-electron chi connectivity index (χ4n) is 3.37. The van der Waals surface area contributed by atoms with Gasteiger partial charge in [-0.2, -0.15) is 4.98 Å². The molecule has 21 heavy (non-hydrogen) atoms. The van der Waals surface area contributed by atoms with Gasteiger partial charge in [0.25, 0.3) is 0 Å². The van der Waals surface area contributed by atoms with Gasteiger partial charge in [-0.05, 0) is 25.7 Å². The summed E-state index contributed by atoms with van der Waals surface area (Å²) in [5.41, 5.74) is -0.0550. The van der Waals surface area contributed by atoms with E-state index in [4.69, 9.17) is 9.26 Å². The molecule has 1 saturated carbocycles. The normalized spacial score (nSPS) is 23.7. The standard InChI is InChI=1S/C15H26N4O2/c1-3-12(19-9-7-16-8-10-19)14-17-13(21-18-14)11-15(20-2)5-4-6-15/h12,16H,3-11H2,1-2H3. The third kappa shape index (κ3) is 3.12. The van der Waals surface area contributed by atoms with Crippen molar-refractivity contribution in [3.8, 4) is 0 Å². The van der Waals surface area contributed by atoms with Crippen molar-refractivity contribution in [1.82, 2.24) is 20.4 Å². The van der Waals surface area contributed by atoms with E-state index in [1.807, 2.05) is 0 Å². The number of methoxy groups -OCH3 is 1. The molecule has 1 saturated heterocycles. The van der Waals surface area contributed by atoms with Crippen LogP contribution >= 0.6 is 0 Å². The number of nitrogens with one attached hydrogen (secondary N) is 1. The van der Waals surface area contributed by atoms with Crippen LogP contribution in [0.4, 0.5) is 0 Å². The molecule has 1 aliphatic heterocycles. The van der Waals surface area contributed by atoms with Crippen LogP contribution in [-0.4, -0.2) is 53.9 Å². The lowest BCUT2D eigenvalue weighted by Crippen LogP contribution is -2.45. The van der Waals surface area contributed by atoms with E-state index < -0.39 is 0 Å². The lowest BCUT2D eigenvalue weighted by molar-refractivity contribution is -0.0751. The van der Waals surface area contributed by atoms with E-state index >= 15 is 0 Å². The average molecular weight is 294 g/mol. The van der Waals surface area contributed by atoms with Crippen molar-refractivity contribution in [1.29, 1.82) is 0 Å². The highest BCUT2D eigenvalue weighted by molar-refractivity contribution is 5.01. The fourth-order valence-corrected chi connectivity index (χ4v) is 3.37. The van der Waals surface area contributed by atoms with Gasteiger partial charge in [0, 0.05) is 33.3 Å². The Morgan fingerprint density at radius 2 is 2.14 bits per heavy atom. The molecule has 6 nitrogen and oxygen atoms in total. The van der Waals surface area contributed by atoms with Gasteiger partial charge in [0.05, 0.1) is 18.1 Å². The maximum atomic E-state index is 5.64. The molecule has 3 rings (SSSR count). The number of hydrogen-bond acceptors (Lipinski definition) is 6. The Balaban J connectivity index is 1.67. The Morgan fingerprint density at radius 1 is 1.38 bits per heavy atom. The van der Waals surface area contributed by atoms with Crippen LogP contribution in [0.15, 0.2) is 4.52 Å². The number of nitrogens with zero attached hydrogens (tertiary/aromatic N) is 3. The first-order valence-electron chi connectivity index (χ1n) is 8.09. The average Bonchev–Trinajstić information content (AvgIpc) is 2.93. The van der Waals surface area contributed by atoms with Crippen molar-refractivity contribution in [2.24, 2.45) is 0 Å². The first-order valence-corrected chi connectivity index (χ1v) is 8.09. The summed E-state index contributed by atoms with van der Waals surface area (Å²) in [6, 6.07) is 0.268. The molecule has 1 unspecified atom stereocenters. The molecule has 2 heterocycles. The van der Waals surface area contributed by atoms with Crippen molar-refractivity contribution >= 4 is 0 Å². The zero-order chi connectivity index (χ0) is 14.7. The molecule has 0 amide bonds. The van der Waals surface area contributed by atoms with Crippen LogP contribution in [0.2, 0.25) is 0 Å². The highest BCUT2D eigenvalue weighted by atomic mass is 16.5. The SMILES string of the molecule is CCC(c1noc(CC2(OC)CCC2)n1)N1CCNCC1. The molecule has 0 radical (unpaired) electrons. The maximum Gasteiger partial charge on any atom is 0.229 e. The minimum Gasteiger partial charge on any atom is -0.378 e. The van der Waals surface area contributed by atoms with E-state index in [9.17, 15) is 0 Å². The number of hydrogen-bond donors (Lipinski definition) is 1. The molecule has 0 bridgehead atoms. The quantitative estimate of drug-likeness (QED) is 0.858. The molecule has 1 aromatic rings. The zero-order valence-corrected chi connectivity index (χ0v) is 13.1. The first kappa shape index (κ1) is 14.9. The predicted octanol–water partition coefficient (Wildman–Crippen LogP) is 1.54. The lowest BCUT2D eigenvalue weighted by Gasteiger charge is -2.39. The minimum atomic E-state index is -0.0550. The number of rotatable bonds is 6. The summed E-state index contributed by atoms with van der Waals surface area (Å²) < 4.78 is 11.1. The number of piperazine rings is 1. The number of ether oxygens (including phenoxy) is 1. The van der Waals surface area contributed by atoms with Crippen LogP contribution in [0.1, 0.15) is 50.4 Å². The molecule has 2 aliphatic rings. The molecular formula is C15H26N4O2. The Kier molecular flexibility index (Phi) is 4.57. The van der Waals surface area contributed by atoms with Gasteiger partial charge >= 0.3 is 0 Å². The predicted molar refractivity (Wildman–Crippen MR) is 79.1 cm³/mol. The highest BCUT2D eigenvalue weighted by Crippen LogP contribution is 2.37. The molecular weight excluding hydrogens is 268 g/mol. The summed E-state index contributed by atoms with van der Waals surface area (Å²) in [5.74, 6) is 1.56. The van der Waals surface area contributed by atoms with Gasteiger partial charge in [-0.1, -0.05) is 12.1 Å². The largest absolute Gasteiger partial charge is 0.378 e. The number of aromatic nitrogens is 2. The molecule has 6 heteroatoms. The van der Waals surface area contributed by atoms with Crippen molar-refractivity contribution in [3.05, 3.63) is 11.7 Å². The molecule has 1 aromatic heterocycles. The third-order valence-corrected chi connectivity index (χ3v) is 4.93. The van der Waals surface area contributed by atoms with E-state index in [1.54, 1.807) is 7.11 Å². The van der Waals surface area contributed by atoms with Crippen LogP contribution in [0, 0.1) is 0 Å². The summed E-state index contributed by atoms with van der Waals surface area (Å²) in [6.45, 7) is 6.35. The van der Waals surface area contributed by atoms with Gasteiger partial charge < -0.3 is 14.6 Å². The maximum absolute atomic E-state index is 5.64. The second-order valence-corrected chi connectivity index (χ2v) is 6.17. The van der Waals surface area contributed by atoms with Crippen LogP contribution < -0.4 is 5.32 Å². The summed E-state index contributed by atoms with van der Waals surface area (Å²) in [7, 11) is 1.78. The fraction of sp³-hybridized carbons (Fsp3) is 0.867. The molecule has 118 valence electrons. The molecule has 1 aliphatic carbocycles. The summed E-state index contributed by atoms with van der Waals surface area (Å²) in [6.07, 6.45) is 5.17. The van der Waals surface area contributed by atoms with Crippen LogP contribution in [0.25, 0.3) is 0 Å². The molecule has 0 aromatic carbocycles. The summed E-state index contributed by atoms with van der Waals surface area (Å²) in [5, 5.41) is 7.62. The second-order valence-electron chi connectivity index (χ2n) is 6.17. The first-order chi connectivity index (χ1) is 10.3. The molecule has 1 atom stereocenters. The Bertz CT molecular complexity index is 447. The van der Waals surface area contributed by atoms with Gasteiger partial charge in [-0.15, -0.1) is 0 Å². The smallest absolute Gasteiger partial charge is 0.229 e. The Hall–Kier alpha value is -0.980. The van der Waals surface area contributed by atoms with Crippen molar-refractivity contribution in [3.63, 3.8) is 0 Å². The van der Waals surface area contributed by atoms with E-state index in [0.29, 0.717) is 0 Å². The third-order valence-electron chi connectivity index (χ3n) is 4.93. The Morgan fingerprint density at radius 3 is 2.71 bits per heavy atom. The topological polar surface area (TPSA) is 63.4 Å².